The number of nitrogens with zero attached hydrogens (tertiary/aromatic N) is 1. The van der Waals surface area contributed by atoms with Gasteiger partial charge in [0, 0.05) is 23.8 Å². The summed E-state index contributed by atoms with van der Waals surface area (Å²) in [6.45, 7) is 0.685. The molecule has 2 aromatic rings. The third-order valence-electron chi connectivity index (χ3n) is 2.34. The van der Waals surface area contributed by atoms with Crippen LogP contribution >= 0.6 is 34.8 Å². The minimum Gasteiger partial charge on any atom is -0.436 e. The summed E-state index contributed by atoms with van der Waals surface area (Å²) in [5, 5.41) is 4.41. The molecule has 0 fully saturated rings. The molecule has 0 atom stereocenters. The molecular formula is C13H11Cl3N2O. The summed E-state index contributed by atoms with van der Waals surface area (Å²) in [7, 11) is 1.85. The van der Waals surface area contributed by atoms with E-state index in [-0.39, 0.29) is 0 Å². The van der Waals surface area contributed by atoms with Gasteiger partial charge in [0.15, 0.2) is 0 Å². The monoisotopic (exact) mass is 316 g/mol. The molecule has 1 aromatic carbocycles. The Morgan fingerprint density at radius 3 is 2.63 bits per heavy atom. The molecule has 0 bridgehead atoms. The Hall–Kier alpha value is -1.000. The molecule has 0 spiro atoms. The molecule has 0 radical (unpaired) electrons. The van der Waals surface area contributed by atoms with Crippen LogP contribution in [0, 0.1) is 0 Å². The van der Waals surface area contributed by atoms with Crippen LogP contribution in [-0.4, -0.2) is 12.0 Å². The average molecular weight is 318 g/mol. The summed E-state index contributed by atoms with van der Waals surface area (Å²) in [6.07, 6.45) is 1.69. The van der Waals surface area contributed by atoms with E-state index in [1.807, 2.05) is 7.05 Å². The topological polar surface area (TPSA) is 34.2 Å². The first-order chi connectivity index (χ1) is 9.10. The quantitative estimate of drug-likeness (QED) is 0.898. The fraction of sp³-hybridized carbons (Fsp3) is 0.154. The fourth-order valence-electron chi connectivity index (χ4n) is 1.50. The van der Waals surface area contributed by atoms with Gasteiger partial charge in [-0.2, -0.15) is 0 Å². The van der Waals surface area contributed by atoms with Gasteiger partial charge in [-0.05, 0) is 30.8 Å². The summed E-state index contributed by atoms with van der Waals surface area (Å²) < 4.78 is 5.57. The van der Waals surface area contributed by atoms with Crippen molar-refractivity contribution < 1.29 is 4.74 Å². The Balaban J connectivity index is 2.25. The van der Waals surface area contributed by atoms with Crippen LogP contribution < -0.4 is 10.1 Å². The second-order valence-electron chi connectivity index (χ2n) is 3.84. The minimum absolute atomic E-state index is 0.297. The average Bonchev–Trinajstić information content (AvgIpc) is 2.37. The summed E-state index contributed by atoms with van der Waals surface area (Å²) in [5.41, 5.74) is 0.969. The van der Waals surface area contributed by atoms with Gasteiger partial charge in [0.05, 0.1) is 5.02 Å². The number of benzene rings is 1. The zero-order chi connectivity index (χ0) is 13.8. The number of hydrogen-bond donors (Lipinski definition) is 1. The van der Waals surface area contributed by atoms with Crippen LogP contribution in [0.3, 0.4) is 0 Å². The smallest absolute Gasteiger partial charge is 0.238 e. The molecule has 2 rings (SSSR count). The van der Waals surface area contributed by atoms with E-state index < -0.39 is 0 Å². The molecule has 1 heterocycles. The second kappa shape index (κ2) is 6.44. The van der Waals surface area contributed by atoms with Gasteiger partial charge in [0.2, 0.25) is 5.88 Å². The number of pyridine rings is 1. The zero-order valence-corrected chi connectivity index (χ0v) is 12.4. The first-order valence-corrected chi connectivity index (χ1v) is 6.65. The second-order valence-corrected chi connectivity index (χ2v) is 5.09. The maximum atomic E-state index is 6.12. The van der Waals surface area contributed by atoms with Crippen LogP contribution in [0.2, 0.25) is 15.1 Å². The third-order valence-corrected chi connectivity index (χ3v) is 3.16. The van der Waals surface area contributed by atoms with E-state index in [4.69, 9.17) is 39.5 Å². The van der Waals surface area contributed by atoms with Crippen molar-refractivity contribution in [2.24, 2.45) is 0 Å². The third kappa shape index (κ3) is 3.74. The van der Waals surface area contributed by atoms with E-state index in [2.05, 4.69) is 10.3 Å². The van der Waals surface area contributed by atoms with Crippen LogP contribution in [0.4, 0.5) is 0 Å². The van der Waals surface area contributed by atoms with Gasteiger partial charge in [-0.15, -0.1) is 0 Å². The van der Waals surface area contributed by atoms with E-state index in [0.717, 1.165) is 5.56 Å². The van der Waals surface area contributed by atoms with Gasteiger partial charge in [0.1, 0.15) is 10.8 Å². The van der Waals surface area contributed by atoms with E-state index in [1.54, 1.807) is 30.5 Å². The predicted molar refractivity (Wildman–Crippen MR) is 78.5 cm³/mol. The molecule has 100 valence electrons. The lowest BCUT2D eigenvalue weighted by atomic mass is 10.3. The van der Waals surface area contributed by atoms with Crippen LogP contribution in [0.1, 0.15) is 5.56 Å². The molecule has 0 amide bonds. The highest BCUT2D eigenvalue weighted by molar-refractivity contribution is 6.34. The van der Waals surface area contributed by atoms with Gasteiger partial charge in [0.25, 0.3) is 0 Å². The van der Waals surface area contributed by atoms with Crippen molar-refractivity contribution in [1.29, 1.82) is 0 Å². The molecular weight excluding hydrogens is 307 g/mol. The molecule has 1 aromatic heterocycles. The predicted octanol–water partition coefficient (Wildman–Crippen LogP) is 4.55. The highest BCUT2D eigenvalue weighted by Gasteiger charge is 2.09. The number of ether oxygens (including phenoxy) is 1. The normalized spacial score (nSPS) is 10.5. The van der Waals surface area contributed by atoms with E-state index in [1.165, 1.54) is 0 Å². The lowest BCUT2D eigenvalue weighted by Crippen LogP contribution is -2.05. The Labute approximate surface area is 126 Å². The van der Waals surface area contributed by atoms with Crippen LogP contribution in [-0.2, 0) is 6.54 Å². The lowest BCUT2D eigenvalue weighted by molar-refractivity contribution is 0.463. The number of halogens is 3. The van der Waals surface area contributed by atoms with Crippen molar-refractivity contribution in [1.82, 2.24) is 10.3 Å². The molecule has 0 saturated carbocycles. The fourth-order valence-corrected chi connectivity index (χ4v) is 2.05. The lowest BCUT2D eigenvalue weighted by Gasteiger charge is -2.09. The first-order valence-electron chi connectivity index (χ1n) is 5.52. The zero-order valence-electron chi connectivity index (χ0n) is 10.1. The van der Waals surface area contributed by atoms with Gasteiger partial charge in [-0.25, -0.2) is 4.98 Å². The SMILES string of the molecule is CNCc1cnc(Oc2cc(Cl)ccc2Cl)c(Cl)c1. The van der Waals surface area contributed by atoms with Gasteiger partial charge in [-0.1, -0.05) is 34.8 Å². The largest absolute Gasteiger partial charge is 0.436 e. The molecule has 0 aliphatic heterocycles. The summed E-state index contributed by atoms with van der Waals surface area (Å²) in [6, 6.07) is 6.74. The van der Waals surface area contributed by atoms with E-state index in [9.17, 15) is 0 Å². The van der Waals surface area contributed by atoms with Crippen LogP contribution in [0.5, 0.6) is 11.6 Å². The summed E-state index contributed by atoms with van der Waals surface area (Å²) in [5.74, 6) is 0.718. The maximum Gasteiger partial charge on any atom is 0.238 e. The minimum atomic E-state index is 0.297. The Morgan fingerprint density at radius 1 is 1.16 bits per heavy atom. The Morgan fingerprint density at radius 2 is 1.95 bits per heavy atom. The van der Waals surface area contributed by atoms with Gasteiger partial charge >= 0.3 is 0 Å². The van der Waals surface area contributed by atoms with E-state index >= 15 is 0 Å². The summed E-state index contributed by atoms with van der Waals surface area (Å²) in [4.78, 5) is 4.17. The number of nitrogens with one attached hydrogen (secondary N) is 1. The Bertz CT molecular complexity index is 590. The van der Waals surface area contributed by atoms with E-state index in [0.29, 0.717) is 33.2 Å². The highest BCUT2D eigenvalue weighted by Crippen LogP contribution is 2.34. The standard InChI is InChI=1S/C13H11Cl3N2O/c1-17-6-8-4-11(16)13(18-7-8)19-12-5-9(14)2-3-10(12)15/h2-5,7,17H,6H2,1H3. The van der Waals surface area contributed by atoms with Crippen molar-refractivity contribution in [2.45, 2.75) is 6.54 Å². The highest BCUT2D eigenvalue weighted by atomic mass is 35.5. The number of rotatable bonds is 4. The Kier molecular flexibility index (Phi) is 4.88. The van der Waals surface area contributed by atoms with Crippen molar-refractivity contribution in [3.05, 3.63) is 51.1 Å². The maximum absolute atomic E-state index is 6.12. The van der Waals surface area contributed by atoms with Crippen molar-refractivity contribution >= 4 is 34.8 Å². The number of hydrogen-bond acceptors (Lipinski definition) is 3. The van der Waals surface area contributed by atoms with Crippen LogP contribution in [0.25, 0.3) is 0 Å². The molecule has 3 nitrogen and oxygen atoms in total. The molecule has 0 aliphatic rings. The van der Waals surface area contributed by atoms with Crippen molar-refractivity contribution in [3.8, 4) is 11.6 Å². The number of aromatic nitrogens is 1. The summed E-state index contributed by atoms with van der Waals surface area (Å²) >= 11 is 18.0. The first kappa shape index (κ1) is 14.4. The molecule has 0 unspecified atom stereocenters. The molecule has 6 heteroatoms. The molecule has 0 saturated heterocycles. The van der Waals surface area contributed by atoms with Gasteiger partial charge < -0.3 is 10.1 Å². The van der Waals surface area contributed by atoms with Gasteiger partial charge in [-0.3, -0.25) is 0 Å². The van der Waals surface area contributed by atoms with Crippen molar-refractivity contribution in [2.75, 3.05) is 7.05 Å². The van der Waals surface area contributed by atoms with Crippen molar-refractivity contribution in [3.63, 3.8) is 0 Å². The molecule has 1 N–H and O–H groups in total. The van der Waals surface area contributed by atoms with Crippen LogP contribution in [0.15, 0.2) is 30.5 Å². The molecule has 0 aliphatic carbocycles. The molecule has 19 heavy (non-hydrogen) atoms.